The minimum atomic E-state index is -4.70. The van der Waals surface area contributed by atoms with Gasteiger partial charge in [0.25, 0.3) is 20.2 Å². The molecule has 0 aliphatic carbocycles. The summed E-state index contributed by atoms with van der Waals surface area (Å²) in [5.74, 6) is -1.97. The van der Waals surface area contributed by atoms with E-state index in [2.05, 4.69) is 4.18 Å². The van der Waals surface area contributed by atoms with Crippen LogP contribution in [0.4, 0.5) is 0 Å². The van der Waals surface area contributed by atoms with Crippen molar-refractivity contribution in [1.29, 1.82) is 0 Å². The van der Waals surface area contributed by atoms with E-state index in [0.717, 1.165) is 17.7 Å². The number of hydrogen-bond acceptors (Lipinski definition) is 8. The van der Waals surface area contributed by atoms with Gasteiger partial charge in [-0.3, -0.25) is 13.7 Å². The van der Waals surface area contributed by atoms with Crippen molar-refractivity contribution in [3.63, 3.8) is 0 Å². The molecule has 0 heterocycles. The first-order valence-electron chi connectivity index (χ1n) is 7.94. The summed E-state index contributed by atoms with van der Waals surface area (Å²) in [6.07, 6.45) is 0. The standard InChI is InChI=1S/C7H6O6S.C7H8O3S.C2H6O3S/c8-7(9)5-3-1-2-4-6(5)13-14(10,11)12;1-6-2-4-7(5-3-6)11(8,9)10;1-2-6(3,4)5/h1-4H,(H,8,9)(H,10,11,12);2-5H,1H3,(H,8,9,10);2H2,1H3,(H,3,4,5). The minimum Gasteiger partial charge on any atom is -0.478 e. The summed E-state index contributed by atoms with van der Waals surface area (Å²) in [7, 11) is -12.4. The summed E-state index contributed by atoms with van der Waals surface area (Å²) in [6, 6.07) is 11.1. The molecule has 0 bridgehead atoms. The van der Waals surface area contributed by atoms with Crippen LogP contribution in [0.1, 0.15) is 22.8 Å². The summed E-state index contributed by atoms with van der Waals surface area (Å²) >= 11 is 0. The van der Waals surface area contributed by atoms with Gasteiger partial charge >= 0.3 is 16.4 Å². The Balaban J connectivity index is 0.000000472. The lowest BCUT2D eigenvalue weighted by Gasteiger charge is -2.03. The van der Waals surface area contributed by atoms with E-state index in [9.17, 15) is 30.0 Å². The van der Waals surface area contributed by atoms with Crippen LogP contribution in [0.3, 0.4) is 0 Å². The Morgan fingerprint density at radius 1 is 0.871 bits per heavy atom. The van der Waals surface area contributed by atoms with Gasteiger partial charge in [0.05, 0.1) is 10.6 Å². The van der Waals surface area contributed by atoms with Gasteiger partial charge in [-0.25, -0.2) is 4.79 Å². The molecule has 0 aromatic heterocycles. The Bertz CT molecular complexity index is 1180. The fourth-order valence-electron chi connectivity index (χ4n) is 1.54. The zero-order chi connectivity index (χ0) is 24.5. The Morgan fingerprint density at radius 2 is 1.32 bits per heavy atom. The van der Waals surface area contributed by atoms with Crippen LogP contribution in [0.25, 0.3) is 0 Å². The zero-order valence-electron chi connectivity index (χ0n) is 16.1. The predicted octanol–water partition coefficient (Wildman–Crippen LogP) is 1.70. The second-order valence-corrected chi connectivity index (χ2v) is 9.66. The number of aromatic carboxylic acids is 1. The van der Waals surface area contributed by atoms with Gasteiger partial charge in [-0.2, -0.15) is 25.3 Å². The van der Waals surface area contributed by atoms with E-state index >= 15 is 0 Å². The molecule has 2 aromatic carbocycles. The predicted molar refractivity (Wildman–Crippen MR) is 109 cm³/mol. The van der Waals surface area contributed by atoms with Crippen molar-refractivity contribution in [2.45, 2.75) is 18.7 Å². The molecule has 0 saturated heterocycles. The quantitative estimate of drug-likeness (QED) is 0.432. The van der Waals surface area contributed by atoms with E-state index < -0.39 is 42.4 Å². The maximum absolute atomic E-state index is 10.6. The highest BCUT2D eigenvalue weighted by atomic mass is 32.3. The largest absolute Gasteiger partial charge is 0.478 e. The van der Waals surface area contributed by atoms with Crippen LogP contribution in [-0.2, 0) is 30.6 Å². The third kappa shape index (κ3) is 13.4. The number of hydrogen-bond donors (Lipinski definition) is 4. The Morgan fingerprint density at radius 3 is 1.68 bits per heavy atom. The molecule has 0 unspecified atom stereocenters. The first kappa shape index (κ1) is 28.4. The topological polar surface area (TPSA) is 210 Å². The summed E-state index contributed by atoms with van der Waals surface area (Å²) < 4.78 is 89.5. The molecule has 15 heteroatoms. The molecule has 0 fully saturated rings. The Kier molecular flexibility index (Phi) is 10.8. The molecule has 12 nitrogen and oxygen atoms in total. The van der Waals surface area contributed by atoms with Gasteiger partial charge in [0.15, 0.2) is 5.75 Å². The van der Waals surface area contributed by atoms with Gasteiger partial charge in [0.2, 0.25) is 0 Å². The molecule has 0 amide bonds. The maximum atomic E-state index is 10.6. The van der Waals surface area contributed by atoms with Crippen LogP contribution < -0.4 is 4.18 Å². The molecule has 2 aromatic rings. The number of rotatable bonds is 5. The lowest BCUT2D eigenvalue weighted by Crippen LogP contribution is -2.10. The Labute approximate surface area is 179 Å². The van der Waals surface area contributed by atoms with Crippen LogP contribution in [0, 0.1) is 6.92 Å². The van der Waals surface area contributed by atoms with Gasteiger partial charge in [-0.1, -0.05) is 29.8 Å². The smallest absolute Gasteiger partial charge is 0.446 e. The third-order valence-corrected chi connectivity index (χ3v) is 4.98. The van der Waals surface area contributed by atoms with Crippen molar-refractivity contribution in [1.82, 2.24) is 0 Å². The van der Waals surface area contributed by atoms with Crippen molar-refractivity contribution in [2.75, 3.05) is 5.75 Å². The van der Waals surface area contributed by atoms with Crippen LogP contribution in [0.5, 0.6) is 5.75 Å². The van der Waals surface area contributed by atoms with Crippen LogP contribution >= 0.6 is 0 Å². The molecule has 0 spiro atoms. The summed E-state index contributed by atoms with van der Waals surface area (Å²) in [6.45, 7) is 3.21. The minimum absolute atomic E-state index is 0.0666. The Hall–Kier alpha value is -2.56. The number of carbonyl (C=O) groups is 1. The van der Waals surface area contributed by atoms with Gasteiger partial charge in [-0.15, -0.1) is 0 Å². The lowest BCUT2D eigenvalue weighted by molar-refractivity contribution is 0.0695. The van der Waals surface area contributed by atoms with Crippen molar-refractivity contribution >= 4 is 36.6 Å². The number of benzene rings is 2. The van der Waals surface area contributed by atoms with Gasteiger partial charge < -0.3 is 9.29 Å². The van der Waals surface area contributed by atoms with E-state index in [0.29, 0.717) is 0 Å². The fraction of sp³-hybridized carbons (Fsp3) is 0.188. The molecule has 0 radical (unpaired) electrons. The summed E-state index contributed by atoms with van der Waals surface area (Å²) in [5.41, 5.74) is 0.613. The molecule has 2 rings (SSSR count). The first-order valence-corrected chi connectivity index (χ1v) is 12.4. The maximum Gasteiger partial charge on any atom is 0.446 e. The molecule has 174 valence electrons. The first-order chi connectivity index (χ1) is 14.0. The van der Waals surface area contributed by atoms with E-state index in [1.165, 1.54) is 31.2 Å². The van der Waals surface area contributed by atoms with Crippen LogP contribution in [0.15, 0.2) is 53.4 Å². The summed E-state index contributed by atoms with van der Waals surface area (Å²) in [4.78, 5) is 10.5. The van der Waals surface area contributed by atoms with Crippen molar-refractivity contribution in [3.8, 4) is 5.75 Å². The van der Waals surface area contributed by atoms with E-state index in [4.69, 9.17) is 18.8 Å². The molecule has 0 saturated carbocycles. The highest BCUT2D eigenvalue weighted by Gasteiger charge is 2.15. The highest BCUT2D eigenvalue weighted by Crippen LogP contribution is 2.18. The highest BCUT2D eigenvalue weighted by molar-refractivity contribution is 7.86. The van der Waals surface area contributed by atoms with E-state index in [-0.39, 0.29) is 16.2 Å². The number of carboxylic acid groups (broad SMARTS) is 1. The van der Waals surface area contributed by atoms with Crippen LogP contribution in [-0.4, -0.2) is 55.7 Å². The normalized spacial score (nSPS) is 11.3. The van der Waals surface area contributed by atoms with Gasteiger partial charge in [0, 0.05) is 0 Å². The fourth-order valence-corrected chi connectivity index (χ4v) is 2.39. The van der Waals surface area contributed by atoms with Crippen molar-refractivity contribution in [3.05, 3.63) is 59.7 Å². The van der Waals surface area contributed by atoms with Crippen molar-refractivity contribution < 1.29 is 53.0 Å². The van der Waals surface area contributed by atoms with E-state index in [1.807, 2.05) is 6.92 Å². The number of para-hydroxylation sites is 1. The monoisotopic (exact) mass is 500 g/mol. The van der Waals surface area contributed by atoms with E-state index in [1.54, 1.807) is 12.1 Å². The average molecular weight is 501 g/mol. The second-order valence-electron chi connectivity index (χ2n) is 5.47. The van der Waals surface area contributed by atoms with Gasteiger partial charge in [0.1, 0.15) is 5.56 Å². The molecular formula is C16H20O12S3. The molecular weight excluding hydrogens is 480 g/mol. The zero-order valence-corrected chi connectivity index (χ0v) is 18.6. The molecule has 0 atom stereocenters. The number of carboxylic acids is 1. The van der Waals surface area contributed by atoms with Crippen LogP contribution in [0.2, 0.25) is 0 Å². The molecule has 4 N–H and O–H groups in total. The SMILES string of the molecule is CCS(=O)(=O)O.Cc1ccc(S(=O)(=O)O)cc1.O=C(O)c1ccccc1OS(=O)(=O)O. The number of aryl methyl sites for hydroxylation is 1. The second kappa shape index (κ2) is 11.7. The lowest BCUT2D eigenvalue weighted by atomic mass is 10.2. The summed E-state index contributed by atoms with van der Waals surface area (Å²) in [5, 5.41) is 8.61. The van der Waals surface area contributed by atoms with Crippen molar-refractivity contribution in [2.24, 2.45) is 0 Å². The molecule has 31 heavy (non-hydrogen) atoms. The van der Waals surface area contributed by atoms with Gasteiger partial charge in [-0.05, 0) is 38.1 Å². The molecule has 0 aliphatic rings. The third-order valence-electron chi connectivity index (χ3n) is 3.00. The average Bonchev–Trinajstić information content (AvgIpc) is 2.60. The molecule has 0 aliphatic heterocycles.